The maximum absolute atomic E-state index is 13.5. The molecule has 19 heavy (non-hydrogen) atoms. The topological polar surface area (TPSA) is 17.1 Å². The molecule has 2 aromatic rings. The largest absolute Gasteiger partial charge is 0.294 e. The Kier molecular flexibility index (Phi) is 3.90. The predicted molar refractivity (Wildman–Crippen MR) is 65.8 cm³/mol. The average molecular weight is 285 g/mol. The number of hydrogen-bond acceptors (Lipinski definition) is 1. The van der Waals surface area contributed by atoms with Gasteiger partial charge in [-0.15, -0.1) is 0 Å². The fourth-order valence-electron chi connectivity index (χ4n) is 1.65. The smallest absolute Gasteiger partial charge is 0.170 e. The van der Waals surface area contributed by atoms with Gasteiger partial charge in [-0.3, -0.25) is 4.79 Å². The first-order chi connectivity index (χ1) is 8.99. The highest BCUT2D eigenvalue weighted by molar-refractivity contribution is 6.30. The third-order valence-corrected chi connectivity index (χ3v) is 2.85. The van der Waals surface area contributed by atoms with E-state index in [0.29, 0.717) is 0 Å². The van der Waals surface area contributed by atoms with E-state index in [1.807, 2.05) is 0 Å². The minimum absolute atomic E-state index is 0.0815. The van der Waals surface area contributed by atoms with Gasteiger partial charge in [0, 0.05) is 11.4 Å². The summed E-state index contributed by atoms with van der Waals surface area (Å²) in [6.45, 7) is 0. The number of halogens is 4. The summed E-state index contributed by atoms with van der Waals surface area (Å²) in [6, 6.07) is 7.13. The summed E-state index contributed by atoms with van der Waals surface area (Å²) in [7, 11) is 0. The van der Waals surface area contributed by atoms with Crippen molar-refractivity contribution in [3.63, 3.8) is 0 Å². The first-order valence-corrected chi connectivity index (χ1v) is 5.78. The van der Waals surface area contributed by atoms with Gasteiger partial charge in [0.05, 0.1) is 5.56 Å². The lowest BCUT2D eigenvalue weighted by Gasteiger charge is -2.05. The molecule has 0 bridgehead atoms. The fraction of sp³-hybridized carbons (Fsp3) is 0.0714. The lowest BCUT2D eigenvalue weighted by atomic mass is 10.0. The minimum atomic E-state index is -1.22. The summed E-state index contributed by atoms with van der Waals surface area (Å²) < 4.78 is 39.9. The lowest BCUT2D eigenvalue weighted by Crippen LogP contribution is -2.08. The van der Waals surface area contributed by atoms with E-state index in [9.17, 15) is 18.0 Å². The zero-order chi connectivity index (χ0) is 14.0. The molecule has 0 amide bonds. The van der Waals surface area contributed by atoms with Gasteiger partial charge in [-0.25, -0.2) is 13.2 Å². The van der Waals surface area contributed by atoms with Gasteiger partial charge in [0.25, 0.3) is 0 Å². The molecule has 0 saturated heterocycles. The maximum Gasteiger partial charge on any atom is 0.170 e. The summed E-state index contributed by atoms with van der Waals surface area (Å²) >= 11 is 5.58. The summed E-state index contributed by atoms with van der Waals surface area (Å²) in [5.74, 6) is -3.68. The first kappa shape index (κ1) is 13.6. The van der Waals surface area contributed by atoms with E-state index in [4.69, 9.17) is 11.6 Å². The molecular weight excluding hydrogens is 277 g/mol. The van der Waals surface area contributed by atoms with Crippen LogP contribution in [-0.4, -0.2) is 5.78 Å². The van der Waals surface area contributed by atoms with E-state index in [0.717, 1.165) is 18.2 Å². The van der Waals surface area contributed by atoms with Gasteiger partial charge in [-0.1, -0.05) is 23.7 Å². The lowest BCUT2D eigenvalue weighted by molar-refractivity contribution is 0.0987. The molecule has 1 nitrogen and oxygen atoms in total. The number of Topliss-reactive ketones (excluding diaryl/α,β-unsaturated/α-hetero) is 1. The van der Waals surface area contributed by atoms with Crippen molar-refractivity contribution in [2.45, 2.75) is 6.42 Å². The molecule has 0 heterocycles. The number of ketones is 1. The van der Waals surface area contributed by atoms with Crippen LogP contribution in [0.3, 0.4) is 0 Å². The quantitative estimate of drug-likeness (QED) is 0.773. The van der Waals surface area contributed by atoms with Crippen LogP contribution in [0.5, 0.6) is 0 Å². The molecule has 0 aromatic heterocycles. The van der Waals surface area contributed by atoms with Crippen LogP contribution in [0.4, 0.5) is 13.2 Å². The Labute approximate surface area is 112 Å². The number of carbonyl (C=O) groups is 1. The Morgan fingerprint density at radius 3 is 2.47 bits per heavy atom. The zero-order valence-corrected chi connectivity index (χ0v) is 10.3. The van der Waals surface area contributed by atoms with Crippen molar-refractivity contribution >= 4 is 17.4 Å². The molecule has 0 saturated carbocycles. The Balaban J connectivity index is 2.28. The van der Waals surface area contributed by atoms with Crippen LogP contribution in [0.15, 0.2) is 36.4 Å². The van der Waals surface area contributed by atoms with Crippen LogP contribution in [0.2, 0.25) is 5.02 Å². The van der Waals surface area contributed by atoms with E-state index in [2.05, 4.69) is 0 Å². The number of rotatable bonds is 3. The van der Waals surface area contributed by atoms with Crippen LogP contribution in [0, 0.1) is 17.5 Å². The van der Waals surface area contributed by atoms with Crippen LogP contribution < -0.4 is 0 Å². The number of carbonyl (C=O) groups excluding carboxylic acids is 1. The van der Waals surface area contributed by atoms with Crippen molar-refractivity contribution in [2.75, 3.05) is 0 Å². The van der Waals surface area contributed by atoms with Crippen LogP contribution in [0.1, 0.15) is 15.9 Å². The fourth-order valence-corrected chi connectivity index (χ4v) is 1.81. The highest BCUT2D eigenvalue weighted by Crippen LogP contribution is 2.18. The van der Waals surface area contributed by atoms with E-state index in [-0.39, 0.29) is 17.0 Å². The predicted octanol–water partition coefficient (Wildman–Crippen LogP) is 4.18. The normalized spacial score (nSPS) is 10.5. The van der Waals surface area contributed by atoms with Crippen molar-refractivity contribution in [1.82, 2.24) is 0 Å². The van der Waals surface area contributed by atoms with E-state index in [1.54, 1.807) is 0 Å². The summed E-state index contributed by atoms with van der Waals surface area (Å²) in [5.41, 5.74) is -0.313. The molecule has 2 rings (SSSR count). The number of benzene rings is 2. The molecule has 0 N–H and O–H groups in total. The molecule has 0 fully saturated rings. The van der Waals surface area contributed by atoms with Crippen LogP contribution in [0.25, 0.3) is 0 Å². The Morgan fingerprint density at radius 2 is 1.79 bits per heavy atom. The molecule has 98 valence electrons. The van der Waals surface area contributed by atoms with E-state index < -0.39 is 28.8 Å². The Hall–Kier alpha value is -1.81. The summed E-state index contributed by atoms with van der Waals surface area (Å²) in [6.07, 6.45) is -0.358. The molecule has 5 heteroatoms. The van der Waals surface area contributed by atoms with Crippen molar-refractivity contribution in [2.24, 2.45) is 0 Å². The Morgan fingerprint density at radius 1 is 1.05 bits per heavy atom. The number of hydrogen-bond donors (Lipinski definition) is 0. The third-order valence-electron chi connectivity index (χ3n) is 2.62. The van der Waals surface area contributed by atoms with Crippen molar-refractivity contribution in [3.05, 3.63) is 70.0 Å². The van der Waals surface area contributed by atoms with E-state index >= 15 is 0 Å². The maximum atomic E-state index is 13.5. The van der Waals surface area contributed by atoms with Crippen LogP contribution in [-0.2, 0) is 6.42 Å². The molecule has 0 aliphatic heterocycles. The summed E-state index contributed by atoms with van der Waals surface area (Å²) in [4.78, 5) is 11.8. The molecule has 0 radical (unpaired) electrons. The van der Waals surface area contributed by atoms with Crippen molar-refractivity contribution in [1.29, 1.82) is 0 Å². The van der Waals surface area contributed by atoms with Gasteiger partial charge in [0.2, 0.25) is 0 Å². The molecule has 2 aromatic carbocycles. The zero-order valence-electron chi connectivity index (χ0n) is 9.59. The molecule has 0 aliphatic rings. The van der Waals surface area contributed by atoms with Gasteiger partial charge < -0.3 is 0 Å². The second-order valence-electron chi connectivity index (χ2n) is 3.94. The SMILES string of the molecule is O=C(Cc1ccc(Cl)cc1F)c1cccc(F)c1F. The van der Waals surface area contributed by atoms with Crippen molar-refractivity contribution in [3.8, 4) is 0 Å². The highest BCUT2D eigenvalue weighted by Gasteiger charge is 2.17. The van der Waals surface area contributed by atoms with Gasteiger partial charge in [-0.2, -0.15) is 0 Å². The molecular formula is C14H8ClF3O. The molecule has 0 atom stereocenters. The third kappa shape index (κ3) is 2.96. The molecule has 0 aliphatic carbocycles. The molecule has 0 unspecified atom stereocenters. The second-order valence-corrected chi connectivity index (χ2v) is 4.37. The standard InChI is InChI=1S/C14H8ClF3O/c15-9-5-4-8(12(17)7-9)6-13(19)10-2-1-3-11(16)14(10)18/h1-5,7H,6H2. The minimum Gasteiger partial charge on any atom is -0.294 e. The van der Waals surface area contributed by atoms with Gasteiger partial charge >= 0.3 is 0 Å². The average Bonchev–Trinajstić information content (AvgIpc) is 2.36. The summed E-state index contributed by atoms with van der Waals surface area (Å²) in [5, 5.41) is 0.200. The monoisotopic (exact) mass is 284 g/mol. The van der Waals surface area contributed by atoms with Gasteiger partial charge in [0.1, 0.15) is 5.82 Å². The second kappa shape index (κ2) is 5.45. The van der Waals surface area contributed by atoms with E-state index in [1.165, 1.54) is 18.2 Å². The van der Waals surface area contributed by atoms with Gasteiger partial charge in [-0.05, 0) is 29.8 Å². The first-order valence-electron chi connectivity index (χ1n) is 5.40. The van der Waals surface area contributed by atoms with Gasteiger partial charge in [0.15, 0.2) is 17.4 Å². The van der Waals surface area contributed by atoms with Crippen LogP contribution >= 0.6 is 11.6 Å². The highest BCUT2D eigenvalue weighted by atomic mass is 35.5. The molecule has 0 spiro atoms. The van der Waals surface area contributed by atoms with Crippen molar-refractivity contribution < 1.29 is 18.0 Å². The Bertz CT molecular complexity index is 641.